The highest BCUT2D eigenvalue weighted by atomic mass is 32.1. The minimum Gasteiger partial charge on any atom is -0.465 e. The molecule has 2 rings (SSSR count). The summed E-state index contributed by atoms with van der Waals surface area (Å²) in [5, 5.41) is 7.79. The van der Waals surface area contributed by atoms with E-state index >= 15 is 0 Å². The molecular weight excluding hydrogens is 252 g/mol. The zero-order valence-corrected chi connectivity index (χ0v) is 11.2. The first-order valence-electron chi connectivity index (χ1n) is 5.84. The molecule has 1 aromatic heterocycles. The van der Waals surface area contributed by atoms with Crippen molar-refractivity contribution < 1.29 is 14.3 Å². The number of carbonyl (C=O) groups is 2. The van der Waals surface area contributed by atoms with Crippen LogP contribution < -0.4 is 10.6 Å². The summed E-state index contributed by atoms with van der Waals surface area (Å²) in [7, 11) is 1.33. The van der Waals surface area contributed by atoms with Crippen molar-refractivity contribution in [1.82, 2.24) is 5.32 Å². The second-order valence-electron chi connectivity index (χ2n) is 4.25. The van der Waals surface area contributed by atoms with Gasteiger partial charge in [0.05, 0.1) is 18.8 Å². The van der Waals surface area contributed by atoms with Gasteiger partial charge in [-0.25, -0.2) is 4.79 Å². The molecule has 0 aromatic carbocycles. The van der Waals surface area contributed by atoms with E-state index in [1.165, 1.54) is 18.4 Å². The number of carbonyl (C=O) groups excluding carboxylic acids is 2. The van der Waals surface area contributed by atoms with Crippen molar-refractivity contribution in [2.24, 2.45) is 0 Å². The van der Waals surface area contributed by atoms with Crippen molar-refractivity contribution in [1.29, 1.82) is 0 Å². The number of nitrogens with one attached hydrogen (secondary N) is 2. The lowest BCUT2D eigenvalue weighted by Gasteiger charge is -2.12. The van der Waals surface area contributed by atoms with Crippen LogP contribution in [0, 0.1) is 6.92 Å². The number of thiophene rings is 1. The maximum atomic E-state index is 12.0. The summed E-state index contributed by atoms with van der Waals surface area (Å²) in [4.78, 5) is 24.0. The highest BCUT2D eigenvalue weighted by molar-refractivity contribution is 7.12. The fraction of sp³-hybridized carbons (Fsp3) is 0.500. The second-order valence-corrected chi connectivity index (χ2v) is 5.13. The number of methoxy groups -OCH3 is 1. The average molecular weight is 268 g/mol. The molecule has 1 aliphatic heterocycles. The van der Waals surface area contributed by atoms with Crippen LogP contribution in [0.4, 0.5) is 5.69 Å². The Hall–Kier alpha value is -1.40. The Bertz CT molecular complexity index is 464. The van der Waals surface area contributed by atoms with E-state index < -0.39 is 5.97 Å². The Morgan fingerprint density at radius 3 is 2.94 bits per heavy atom. The average Bonchev–Trinajstić information content (AvgIpc) is 2.99. The summed E-state index contributed by atoms with van der Waals surface area (Å²) < 4.78 is 4.70. The van der Waals surface area contributed by atoms with Crippen LogP contribution in [0.1, 0.15) is 28.1 Å². The van der Waals surface area contributed by atoms with Gasteiger partial charge in [-0.05, 0) is 37.3 Å². The van der Waals surface area contributed by atoms with Crippen molar-refractivity contribution in [3.63, 3.8) is 0 Å². The van der Waals surface area contributed by atoms with E-state index in [0.717, 1.165) is 24.9 Å². The molecule has 1 amide bonds. The summed E-state index contributed by atoms with van der Waals surface area (Å²) >= 11 is 1.28. The molecule has 18 heavy (non-hydrogen) atoms. The molecule has 0 spiro atoms. The predicted molar refractivity (Wildman–Crippen MR) is 70.0 cm³/mol. The molecule has 0 radical (unpaired) electrons. The van der Waals surface area contributed by atoms with Gasteiger partial charge in [-0.3, -0.25) is 4.79 Å². The second kappa shape index (κ2) is 5.49. The Kier molecular flexibility index (Phi) is 3.98. The van der Waals surface area contributed by atoms with Crippen molar-refractivity contribution in [2.75, 3.05) is 19.0 Å². The molecule has 0 unspecified atom stereocenters. The van der Waals surface area contributed by atoms with Gasteiger partial charge in [0.15, 0.2) is 0 Å². The first-order valence-corrected chi connectivity index (χ1v) is 6.72. The van der Waals surface area contributed by atoms with E-state index in [9.17, 15) is 9.59 Å². The Morgan fingerprint density at radius 1 is 1.56 bits per heavy atom. The smallest absolute Gasteiger partial charge is 0.350 e. The molecule has 0 aliphatic carbocycles. The molecule has 6 heteroatoms. The molecule has 2 N–H and O–H groups in total. The van der Waals surface area contributed by atoms with Crippen molar-refractivity contribution in [3.05, 3.63) is 15.8 Å². The molecule has 5 nitrogen and oxygen atoms in total. The van der Waals surface area contributed by atoms with Crippen LogP contribution in [0.2, 0.25) is 0 Å². The Balaban J connectivity index is 2.15. The fourth-order valence-electron chi connectivity index (χ4n) is 1.96. The van der Waals surface area contributed by atoms with Crippen LogP contribution in [0.5, 0.6) is 0 Å². The van der Waals surface area contributed by atoms with Gasteiger partial charge >= 0.3 is 5.97 Å². The predicted octanol–water partition coefficient (Wildman–Crippen LogP) is 1.53. The number of esters is 1. The van der Waals surface area contributed by atoms with E-state index in [0.29, 0.717) is 10.6 Å². The van der Waals surface area contributed by atoms with Crippen molar-refractivity contribution in [2.45, 2.75) is 25.8 Å². The third kappa shape index (κ3) is 2.54. The summed E-state index contributed by atoms with van der Waals surface area (Å²) in [6, 6.07) is -0.158. The zero-order chi connectivity index (χ0) is 13.1. The molecule has 1 aliphatic rings. The number of amides is 1. The third-order valence-corrected chi connectivity index (χ3v) is 4.05. The highest BCUT2D eigenvalue weighted by Crippen LogP contribution is 2.28. The SMILES string of the molecule is COC(=O)c1scc(C)c1NC(=O)[C@@H]1CCCN1. The van der Waals surface area contributed by atoms with Gasteiger partial charge < -0.3 is 15.4 Å². The number of hydrogen-bond acceptors (Lipinski definition) is 5. The topological polar surface area (TPSA) is 67.4 Å². The van der Waals surface area contributed by atoms with Crippen LogP contribution >= 0.6 is 11.3 Å². The van der Waals surface area contributed by atoms with E-state index in [-0.39, 0.29) is 11.9 Å². The summed E-state index contributed by atoms with van der Waals surface area (Å²) in [6.07, 6.45) is 1.84. The molecule has 1 atom stereocenters. The lowest BCUT2D eigenvalue weighted by molar-refractivity contribution is -0.117. The quantitative estimate of drug-likeness (QED) is 0.816. The van der Waals surface area contributed by atoms with Crippen LogP contribution in [0.25, 0.3) is 0 Å². The number of aryl methyl sites for hydroxylation is 1. The minimum atomic E-state index is -0.414. The largest absolute Gasteiger partial charge is 0.465 e. The number of hydrogen-bond donors (Lipinski definition) is 2. The van der Waals surface area contributed by atoms with Crippen LogP contribution in [-0.2, 0) is 9.53 Å². The van der Waals surface area contributed by atoms with Crippen LogP contribution in [-0.4, -0.2) is 31.6 Å². The molecule has 2 heterocycles. The van der Waals surface area contributed by atoms with Crippen LogP contribution in [0.3, 0.4) is 0 Å². The van der Waals surface area contributed by atoms with Gasteiger partial charge in [0, 0.05) is 0 Å². The number of anilines is 1. The molecule has 1 fully saturated rings. The third-order valence-electron chi connectivity index (χ3n) is 2.97. The maximum absolute atomic E-state index is 12.0. The molecule has 0 saturated carbocycles. The van der Waals surface area contributed by atoms with Crippen molar-refractivity contribution in [3.8, 4) is 0 Å². The van der Waals surface area contributed by atoms with Gasteiger partial charge in [0.2, 0.25) is 5.91 Å². The fourth-order valence-corrected chi connectivity index (χ4v) is 2.88. The van der Waals surface area contributed by atoms with E-state index in [1.54, 1.807) is 0 Å². The van der Waals surface area contributed by atoms with Crippen LogP contribution in [0.15, 0.2) is 5.38 Å². The molecular formula is C12H16N2O3S. The van der Waals surface area contributed by atoms with E-state index in [4.69, 9.17) is 4.74 Å². The molecule has 1 saturated heterocycles. The van der Waals surface area contributed by atoms with E-state index in [1.807, 2.05) is 12.3 Å². The highest BCUT2D eigenvalue weighted by Gasteiger charge is 2.25. The molecule has 0 bridgehead atoms. The summed E-state index contributed by atoms with van der Waals surface area (Å²) in [5.74, 6) is -0.498. The van der Waals surface area contributed by atoms with Gasteiger partial charge in [-0.1, -0.05) is 0 Å². The molecule has 98 valence electrons. The van der Waals surface area contributed by atoms with Crippen molar-refractivity contribution >= 4 is 28.9 Å². The Morgan fingerprint density at radius 2 is 2.33 bits per heavy atom. The first-order chi connectivity index (χ1) is 8.63. The van der Waals surface area contributed by atoms with Gasteiger partial charge in [0.1, 0.15) is 4.88 Å². The lowest BCUT2D eigenvalue weighted by atomic mass is 10.2. The van der Waals surface area contributed by atoms with Gasteiger partial charge in [-0.2, -0.15) is 0 Å². The van der Waals surface area contributed by atoms with Gasteiger partial charge in [-0.15, -0.1) is 11.3 Å². The zero-order valence-electron chi connectivity index (χ0n) is 10.4. The maximum Gasteiger partial charge on any atom is 0.350 e. The number of rotatable bonds is 3. The normalized spacial score (nSPS) is 18.7. The van der Waals surface area contributed by atoms with Gasteiger partial charge in [0.25, 0.3) is 0 Å². The Labute approximate surface area is 110 Å². The number of ether oxygens (including phenoxy) is 1. The van der Waals surface area contributed by atoms with E-state index in [2.05, 4.69) is 10.6 Å². The first kappa shape index (κ1) is 13.0. The summed E-state index contributed by atoms with van der Waals surface area (Å²) in [5.41, 5.74) is 1.46. The standard InChI is InChI=1S/C12H16N2O3S/c1-7-6-18-10(12(16)17-2)9(7)14-11(15)8-4-3-5-13-8/h6,8,13H,3-5H2,1-2H3,(H,14,15)/t8-/m0/s1. The molecule has 1 aromatic rings. The minimum absolute atomic E-state index is 0.0841. The summed E-state index contributed by atoms with van der Waals surface area (Å²) in [6.45, 7) is 2.73. The monoisotopic (exact) mass is 268 g/mol. The lowest BCUT2D eigenvalue weighted by Crippen LogP contribution is -2.35.